The predicted octanol–water partition coefficient (Wildman–Crippen LogP) is 4.94. The molecule has 5 rings (SSSR count). The zero-order valence-electron chi connectivity index (χ0n) is 20.6. The van der Waals surface area contributed by atoms with Crippen LogP contribution < -0.4 is 16.5 Å². The number of aryl methyl sites for hydroxylation is 1. The maximum absolute atomic E-state index is 15.1. The standard InChI is InChI=1S/C28H29F2N7/c1-2-3-13-25-31-27(28(29,30)18-20-9-5-4-6-10-20)34-37(25)19-21-14-16-22(17-15-21)23-11-7-8-12-24(23)26-32-35-36-33-26/h4-12,14-17,35-36H,2-3,13,18-19H2,1H3,(H,32,33). The number of hydrogen-bond donors (Lipinski definition) is 3. The van der Waals surface area contributed by atoms with Crippen LogP contribution in [0.15, 0.2) is 84.0 Å². The fourth-order valence-electron chi connectivity index (χ4n) is 4.34. The molecular weight excluding hydrogens is 472 g/mol. The summed E-state index contributed by atoms with van der Waals surface area (Å²) < 4.78 is 31.9. The first-order valence-corrected chi connectivity index (χ1v) is 12.4. The second-order valence-corrected chi connectivity index (χ2v) is 9.04. The highest BCUT2D eigenvalue weighted by Crippen LogP contribution is 2.30. The van der Waals surface area contributed by atoms with E-state index in [0.29, 0.717) is 30.2 Å². The van der Waals surface area contributed by atoms with Crippen molar-refractivity contribution in [2.24, 2.45) is 5.10 Å². The second-order valence-electron chi connectivity index (χ2n) is 9.04. The number of halogens is 2. The third-order valence-corrected chi connectivity index (χ3v) is 6.28. The SMILES string of the molecule is CCCCc1nc(C(F)(F)Cc2ccccc2)nn1Cc1ccc(-c2ccccc2C2=NNNN2)cc1. The highest BCUT2D eigenvalue weighted by Gasteiger charge is 2.37. The van der Waals surface area contributed by atoms with Crippen LogP contribution in [-0.4, -0.2) is 20.6 Å². The molecule has 0 fully saturated rings. The Hall–Kier alpha value is -4.11. The normalized spacial score (nSPS) is 13.2. The molecule has 0 unspecified atom stereocenters. The molecule has 7 nitrogen and oxygen atoms in total. The van der Waals surface area contributed by atoms with Crippen LogP contribution in [0.5, 0.6) is 0 Å². The number of aromatic nitrogens is 3. The van der Waals surface area contributed by atoms with E-state index in [2.05, 4.69) is 38.6 Å². The van der Waals surface area contributed by atoms with E-state index in [9.17, 15) is 0 Å². The van der Waals surface area contributed by atoms with Crippen LogP contribution >= 0.6 is 0 Å². The number of rotatable bonds is 10. The lowest BCUT2D eigenvalue weighted by molar-refractivity contribution is -0.0133. The number of hydrazine groups is 2. The minimum atomic E-state index is -3.15. The van der Waals surface area contributed by atoms with E-state index < -0.39 is 18.2 Å². The van der Waals surface area contributed by atoms with Crippen molar-refractivity contribution in [2.45, 2.75) is 45.1 Å². The highest BCUT2D eigenvalue weighted by atomic mass is 19.3. The van der Waals surface area contributed by atoms with Crippen molar-refractivity contribution in [1.29, 1.82) is 0 Å². The van der Waals surface area contributed by atoms with Gasteiger partial charge in [0.2, 0.25) is 5.82 Å². The summed E-state index contributed by atoms with van der Waals surface area (Å²) in [6, 6.07) is 24.8. The number of nitrogens with zero attached hydrogens (tertiary/aromatic N) is 4. The Balaban J connectivity index is 1.38. The minimum absolute atomic E-state index is 0.373. The quantitative estimate of drug-likeness (QED) is 0.287. The summed E-state index contributed by atoms with van der Waals surface area (Å²) >= 11 is 0. The summed E-state index contributed by atoms with van der Waals surface area (Å²) in [4.78, 5) is 4.30. The zero-order valence-corrected chi connectivity index (χ0v) is 20.6. The number of amidine groups is 1. The largest absolute Gasteiger partial charge is 0.312 e. The third-order valence-electron chi connectivity index (χ3n) is 6.28. The Morgan fingerprint density at radius 3 is 2.30 bits per heavy atom. The van der Waals surface area contributed by atoms with Crippen molar-refractivity contribution >= 4 is 5.84 Å². The molecule has 0 radical (unpaired) electrons. The fourth-order valence-corrected chi connectivity index (χ4v) is 4.34. The molecule has 1 aliphatic rings. The molecular formula is C28H29F2N7. The third kappa shape index (κ3) is 5.67. The van der Waals surface area contributed by atoms with E-state index in [4.69, 9.17) is 0 Å². The Kier molecular flexibility index (Phi) is 7.23. The molecule has 1 aromatic heterocycles. The van der Waals surface area contributed by atoms with E-state index >= 15 is 8.78 Å². The lowest BCUT2D eigenvalue weighted by Gasteiger charge is -2.12. The molecule has 0 saturated heterocycles. The molecule has 3 N–H and O–H groups in total. The summed E-state index contributed by atoms with van der Waals surface area (Å²) in [5, 5.41) is 8.50. The molecule has 1 aliphatic heterocycles. The summed E-state index contributed by atoms with van der Waals surface area (Å²) in [5.74, 6) is -2.28. The molecule has 0 bridgehead atoms. The molecule has 3 aromatic carbocycles. The van der Waals surface area contributed by atoms with Gasteiger partial charge in [0.1, 0.15) is 5.82 Å². The molecule has 0 aliphatic carbocycles. The average Bonchev–Trinajstić information content (AvgIpc) is 3.59. The van der Waals surface area contributed by atoms with E-state index in [1.54, 1.807) is 28.9 Å². The fraction of sp³-hybridized carbons (Fsp3) is 0.250. The van der Waals surface area contributed by atoms with Crippen molar-refractivity contribution in [2.75, 3.05) is 0 Å². The molecule has 37 heavy (non-hydrogen) atoms. The molecule has 190 valence electrons. The van der Waals surface area contributed by atoms with E-state index in [1.165, 1.54) is 0 Å². The van der Waals surface area contributed by atoms with E-state index in [-0.39, 0.29) is 0 Å². The Morgan fingerprint density at radius 2 is 1.59 bits per heavy atom. The lowest BCUT2D eigenvalue weighted by atomic mass is 9.98. The zero-order chi connectivity index (χ0) is 25.7. The summed E-state index contributed by atoms with van der Waals surface area (Å²) in [5.41, 5.74) is 13.0. The number of nitrogens with one attached hydrogen (secondary N) is 3. The van der Waals surface area contributed by atoms with Gasteiger partial charge in [0, 0.05) is 18.4 Å². The van der Waals surface area contributed by atoms with Crippen LogP contribution in [0.1, 0.15) is 48.1 Å². The predicted molar refractivity (Wildman–Crippen MR) is 140 cm³/mol. The number of hydrogen-bond acceptors (Lipinski definition) is 6. The minimum Gasteiger partial charge on any atom is -0.285 e. The molecule has 9 heteroatoms. The van der Waals surface area contributed by atoms with Gasteiger partial charge in [-0.2, -0.15) is 8.78 Å². The van der Waals surface area contributed by atoms with Crippen LogP contribution in [0, 0.1) is 0 Å². The highest BCUT2D eigenvalue weighted by molar-refractivity contribution is 6.04. The average molecular weight is 502 g/mol. The molecule has 0 amide bonds. The van der Waals surface area contributed by atoms with Gasteiger partial charge in [-0.1, -0.05) is 92.2 Å². The van der Waals surface area contributed by atoms with Crippen molar-refractivity contribution in [3.63, 3.8) is 0 Å². The van der Waals surface area contributed by atoms with Gasteiger partial charge in [0.15, 0.2) is 5.84 Å². The number of unbranched alkanes of at least 4 members (excludes halogenated alkanes) is 1. The molecule has 0 spiro atoms. The van der Waals surface area contributed by atoms with E-state index in [1.807, 2.05) is 54.6 Å². The van der Waals surface area contributed by atoms with Crippen molar-refractivity contribution in [3.8, 4) is 11.1 Å². The Labute approximate surface area is 214 Å². The van der Waals surface area contributed by atoms with Gasteiger partial charge < -0.3 is 0 Å². The molecule has 0 atom stereocenters. The van der Waals surface area contributed by atoms with Crippen molar-refractivity contribution in [3.05, 3.63) is 107 Å². The summed E-state index contributed by atoms with van der Waals surface area (Å²) in [6.45, 7) is 2.44. The molecule has 4 aromatic rings. The van der Waals surface area contributed by atoms with Gasteiger partial charge in [0.05, 0.1) is 6.54 Å². The van der Waals surface area contributed by atoms with E-state index in [0.717, 1.165) is 35.1 Å². The summed E-state index contributed by atoms with van der Waals surface area (Å²) in [7, 11) is 0. The number of benzene rings is 3. The van der Waals surface area contributed by atoms with Gasteiger partial charge >= 0.3 is 5.92 Å². The number of alkyl halides is 2. The first-order valence-electron chi connectivity index (χ1n) is 12.4. The lowest BCUT2D eigenvalue weighted by Crippen LogP contribution is -2.35. The second kappa shape index (κ2) is 10.9. The number of hydrazone groups is 1. The smallest absolute Gasteiger partial charge is 0.285 e. The topological polar surface area (TPSA) is 79.2 Å². The van der Waals surface area contributed by atoms with Crippen LogP contribution in [0.2, 0.25) is 0 Å². The van der Waals surface area contributed by atoms with Gasteiger partial charge in [-0.05, 0) is 28.7 Å². The van der Waals surface area contributed by atoms with Crippen molar-refractivity contribution < 1.29 is 8.78 Å². The summed E-state index contributed by atoms with van der Waals surface area (Å²) in [6.07, 6.45) is 1.99. The van der Waals surface area contributed by atoms with Crippen LogP contribution in [0.3, 0.4) is 0 Å². The van der Waals surface area contributed by atoms with Gasteiger partial charge in [-0.25, -0.2) is 15.2 Å². The monoisotopic (exact) mass is 501 g/mol. The molecule has 2 heterocycles. The first-order chi connectivity index (χ1) is 18.0. The molecule has 0 saturated carbocycles. The van der Waals surface area contributed by atoms with Crippen LogP contribution in [0.4, 0.5) is 8.78 Å². The van der Waals surface area contributed by atoms with Gasteiger partial charge in [-0.15, -0.1) is 15.7 Å². The van der Waals surface area contributed by atoms with Crippen LogP contribution in [-0.2, 0) is 25.3 Å². The van der Waals surface area contributed by atoms with Gasteiger partial charge in [0.25, 0.3) is 0 Å². The first kappa shape index (κ1) is 24.6. The van der Waals surface area contributed by atoms with Crippen LogP contribution in [0.25, 0.3) is 11.1 Å². The van der Waals surface area contributed by atoms with Gasteiger partial charge in [-0.3, -0.25) is 5.43 Å². The maximum Gasteiger partial charge on any atom is 0.312 e. The maximum atomic E-state index is 15.1. The Bertz CT molecular complexity index is 1370. The Morgan fingerprint density at radius 1 is 0.865 bits per heavy atom. The van der Waals surface area contributed by atoms with Crippen molar-refractivity contribution in [1.82, 2.24) is 31.3 Å².